The molecule has 1 aromatic carbocycles. The Bertz CT molecular complexity index is 449. The van der Waals surface area contributed by atoms with Crippen LogP contribution < -0.4 is 5.32 Å². The van der Waals surface area contributed by atoms with Crippen LogP contribution in [0.25, 0.3) is 6.08 Å². The molecule has 1 N–H and O–H groups in total. The minimum absolute atomic E-state index is 0.356. The van der Waals surface area contributed by atoms with Crippen molar-refractivity contribution < 1.29 is 8.42 Å². The van der Waals surface area contributed by atoms with E-state index < -0.39 is 9.84 Å². The first kappa shape index (κ1) is 11.9. The lowest BCUT2D eigenvalue weighted by Gasteiger charge is -1.99. The average molecular weight is 225 g/mol. The number of benzene rings is 1. The predicted octanol–water partition coefficient (Wildman–Crippen LogP) is 1.32. The third-order valence-electron chi connectivity index (χ3n) is 1.92. The summed E-state index contributed by atoms with van der Waals surface area (Å²) in [6, 6.07) is 6.89. The van der Waals surface area contributed by atoms with E-state index in [4.69, 9.17) is 0 Å². The number of rotatable bonds is 4. The first-order chi connectivity index (χ1) is 7.04. The Morgan fingerprint density at radius 3 is 2.73 bits per heavy atom. The first-order valence-electron chi connectivity index (χ1n) is 4.65. The smallest absolute Gasteiger partial charge is 0.175 e. The number of hydrogen-bond acceptors (Lipinski definition) is 3. The molecule has 0 atom stereocenters. The van der Waals surface area contributed by atoms with Crippen molar-refractivity contribution in [2.24, 2.45) is 0 Å². The standard InChI is InChI=1S/C11H15NO2S/c1-12-8-4-6-10-5-3-7-11(9-10)15(2,13)14/h3-7,9,12H,8H2,1-2H3. The average Bonchev–Trinajstić information content (AvgIpc) is 2.17. The summed E-state index contributed by atoms with van der Waals surface area (Å²) in [4.78, 5) is 0.356. The third-order valence-corrected chi connectivity index (χ3v) is 3.03. The van der Waals surface area contributed by atoms with Crippen molar-refractivity contribution in [1.82, 2.24) is 5.32 Å². The van der Waals surface area contributed by atoms with Crippen LogP contribution in [0, 0.1) is 0 Å². The molecule has 0 amide bonds. The number of nitrogens with one attached hydrogen (secondary N) is 1. The van der Waals surface area contributed by atoms with Gasteiger partial charge in [-0.3, -0.25) is 0 Å². The van der Waals surface area contributed by atoms with Crippen molar-refractivity contribution in [2.75, 3.05) is 19.8 Å². The summed E-state index contributed by atoms with van der Waals surface area (Å²) < 4.78 is 22.6. The van der Waals surface area contributed by atoms with E-state index in [1.807, 2.05) is 25.3 Å². The van der Waals surface area contributed by atoms with Gasteiger partial charge in [0.15, 0.2) is 9.84 Å². The molecule has 0 aliphatic heterocycles. The fraction of sp³-hybridized carbons (Fsp3) is 0.273. The van der Waals surface area contributed by atoms with Crippen molar-refractivity contribution in [2.45, 2.75) is 4.90 Å². The van der Waals surface area contributed by atoms with Gasteiger partial charge < -0.3 is 5.32 Å². The Labute approximate surface area is 90.7 Å². The van der Waals surface area contributed by atoms with Crippen LogP contribution in [0.1, 0.15) is 5.56 Å². The van der Waals surface area contributed by atoms with Gasteiger partial charge in [-0.25, -0.2) is 8.42 Å². The Balaban J connectivity index is 2.94. The van der Waals surface area contributed by atoms with Gasteiger partial charge in [-0.05, 0) is 24.7 Å². The van der Waals surface area contributed by atoms with E-state index in [2.05, 4.69) is 5.32 Å². The van der Waals surface area contributed by atoms with E-state index >= 15 is 0 Å². The van der Waals surface area contributed by atoms with Gasteiger partial charge in [0.25, 0.3) is 0 Å². The van der Waals surface area contributed by atoms with Gasteiger partial charge in [-0.15, -0.1) is 0 Å². The van der Waals surface area contributed by atoms with Crippen LogP contribution in [0.4, 0.5) is 0 Å². The second-order valence-electron chi connectivity index (χ2n) is 3.30. The van der Waals surface area contributed by atoms with E-state index in [0.29, 0.717) is 4.90 Å². The lowest BCUT2D eigenvalue weighted by atomic mass is 10.2. The Morgan fingerprint density at radius 1 is 1.40 bits per heavy atom. The maximum Gasteiger partial charge on any atom is 0.175 e. The van der Waals surface area contributed by atoms with Gasteiger partial charge in [-0.1, -0.05) is 24.3 Å². The van der Waals surface area contributed by atoms with Crippen LogP contribution in [0.3, 0.4) is 0 Å². The molecular formula is C11H15NO2S. The summed E-state index contributed by atoms with van der Waals surface area (Å²) in [6.07, 6.45) is 5.05. The van der Waals surface area contributed by atoms with Crippen molar-refractivity contribution in [1.29, 1.82) is 0 Å². The SMILES string of the molecule is CNCC=Cc1cccc(S(C)(=O)=O)c1. The minimum atomic E-state index is -3.11. The fourth-order valence-corrected chi connectivity index (χ4v) is 1.84. The molecule has 0 bridgehead atoms. The quantitative estimate of drug-likeness (QED) is 0.840. The first-order valence-corrected chi connectivity index (χ1v) is 6.54. The van der Waals surface area contributed by atoms with Crippen molar-refractivity contribution in [3.8, 4) is 0 Å². The normalized spacial score (nSPS) is 12.1. The van der Waals surface area contributed by atoms with Crippen molar-refractivity contribution in [3.05, 3.63) is 35.9 Å². The largest absolute Gasteiger partial charge is 0.316 e. The molecule has 0 spiro atoms. The molecule has 0 saturated carbocycles. The zero-order chi connectivity index (χ0) is 11.3. The van der Waals surface area contributed by atoms with Crippen LogP contribution in [0.2, 0.25) is 0 Å². The summed E-state index contributed by atoms with van der Waals surface area (Å²) >= 11 is 0. The molecule has 0 unspecified atom stereocenters. The summed E-state index contributed by atoms with van der Waals surface area (Å²) in [6.45, 7) is 0.767. The lowest BCUT2D eigenvalue weighted by molar-refractivity contribution is 0.602. The number of hydrogen-bond donors (Lipinski definition) is 1. The van der Waals surface area contributed by atoms with Crippen LogP contribution >= 0.6 is 0 Å². The van der Waals surface area contributed by atoms with Crippen molar-refractivity contribution in [3.63, 3.8) is 0 Å². The molecule has 1 rings (SSSR count). The molecule has 0 fully saturated rings. The van der Waals surface area contributed by atoms with Gasteiger partial charge in [0.2, 0.25) is 0 Å². The third kappa shape index (κ3) is 3.85. The van der Waals surface area contributed by atoms with Gasteiger partial charge in [0, 0.05) is 12.8 Å². The van der Waals surface area contributed by atoms with Crippen LogP contribution in [-0.2, 0) is 9.84 Å². The van der Waals surface area contributed by atoms with Gasteiger partial charge in [0.05, 0.1) is 4.90 Å². The molecule has 0 saturated heterocycles. The summed E-state index contributed by atoms with van der Waals surface area (Å²) in [5.74, 6) is 0. The molecule has 4 heteroatoms. The zero-order valence-corrected chi connectivity index (χ0v) is 9.71. The predicted molar refractivity (Wildman–Crippen MR) is 62.5 cm³/mol. The van der Waals surface area contributed by atoms with E-state index in [1.54, 1.807) is 18.2 Å². The molecule has 0 aliphatic carbocycles. The molecule has 1 aromatic rings. The van der Waals surface area contributed by atoms with Gasteiger partial charge >= 0.3 is 0 Å². The molecule has 0 aromatic heterocycles. The molecule has 3 nitrogen and oxygen atoms in total. The van der Waals surface area contributed by atoms with E-state index in [9.17, 15) is 8.42 Å². The summed E-state index contributed by atoms with van der Waals surface area (Å²) in [7, 11) is -1.25. The summed E-state index contributed by atoms with van der Waals surface area (Å²) in [5, 5.41) is 2.98. The van der Waals surface area contributed by atoms with E-state index in [1.165, 1.54) is 6.26 Å². The molecule has 0 radical (unpaired) electrons. The Hall–Kier alpha value is -1.13. The van der Waals surface area contributed by atoms with E-state index in [0.717, 1.165) is 12.1 Å². The Morgan fingerprint density at radius 2 is 2.13 bits per heavy atom. The van der Waals surface area contributed by atoms with Gasteiger partial charge in [0.1, 0.15) is 0 Å². The highest BCUT2D eigenvalue weighted by Crippen LogP contribution is 2.12. The Kier molecular flexibility index (Phi) is 4.05. The minimum Gasteiger partial charge on any atom is -0.316 e. The highest BCUT2D eigenvalue weighted by Gasteiger charge is 2.05. The highest BCUT2D eigenvalue weighted by atomic mass is 32.2. The van der Waals surface area contributed by atoms with Gasteiger partial charge in [-0.2, -0.15) is 0 Å². The van der Waals surface area contributed by atoms with E-state index in [-0.39, 0.29) is 0 Å². The molecule has 0 heterocycles. The number of sulfone groups is 1. The second-order valence-corrected chi connectivity index (χ2v) is 5.32. The van der Waals surface area contributed by atoms with Crippen molar-refractivity contribution >= 4 is 15.9 Å². The maximum absolute atomic E-state index is 11.3. The number of likely N-dealkylation sites (N-methyl/N-ethyl adjacent to an activating group) is 1. The second kappa shape index (κ2) is 5.09. The van der Waals surface area contributed by atoms with Crippen LogP contribution in [0.5, 0.6) is 0 Å². The molecular weight excluding hydrogens is 210 g/mol. The summed E-state index contributed by atoms with van der Waals surface area (Å²) in [5.41, 5.74) is 0.896. The topological polar surface area (TPSA) is 46.2 Å². The lowest BCUT2D eigenvalue weighted by Crippen LogP contribution is -2.03. The highest BCUT2D eigenvalue weighted by molar-refractivity contribution is 7.90. The molecule has 0 aliphatic rings. The molecule has 82 valence electrons. The maximum atomic E-state index is 11.3. The fourth-order valence-electron chi connectivity index (χ4n) is 1.16. The molecule has 15 heavy (non-hydrogen) atoms. The van der Waals surface area contributed by atoms with Crippen LogP contribution in [-0.4, -0.2) is 28.3 Å². The van der Waals surface area contributed by atoms with Crippen LogP contribution in [0.15, 0.2) is 35.2 Å². The monoisotopic (exact) mass is 225 g/mol. The zero-order valence-electron chi connectivity index (χ0n) is 8.90.